The van der Waals surface area contributed by atoms with Crippen molar-refractivity contribution in [1.82, 2.24) is 4.98 Å². The van der Waals surface area contributed by atoms with Gasteiger partial charge in [0.2, 0.25) is 0 Å². The van der Waals surface area contributed by atoms with Gasteiger partial charge in [0.15, 0.2) is 5.75 Å². The highest BCUT2D eigenvalue weighted by Crippen LogP contribution is 2.32. The fourth-order valence-electron chi connectivity index (χ4n) is 1.45. The number of hydrogen-bond donors (Lipinski definition) is 1. The standard InChI is InChI=1S/C11H13F3N2O4/c1-18-9(17)4-6-3-8(20-11(12,13)14)10(19-2)16-7(6)5-15/h3H,4-5,15H2,1-2H3. The van der Waals surface area contributed by atoms with Crippen molar-refractivity contribution < 1.29 is 32.2 Å². The highest BCUT2D eigenvalue weighted by molar-refractivity contribution is 5.73. The van der Waals surface area contributed by atoms with Crippen LogP contribution in [0.25, 0.3) is 0 Å². The third-order valence-corrected chi connectivity index (χ3v) is 2.30. The van der Waals surface area contributed by atoms with Crippen molar-refractivity contribution in [2.45, 2.75) is 19.3 Å². The van der Waals surface area contributed by atoms with E-state index in [1.54, 1.807) is 0 Å². The first-order chi connectivity index (χ1) is 9.30. The Morgan fingerprint density at radius 2 is 2.05 bits per heavy atom. The number of halogens is 3. The summed E-state index contributed by atoms with van der Waals surface area (Å²) >= 11 is 0. The summed E-state index contributed by atoms with van der Waals surface area (Å²) < 4.78 is 49.8. The number of rotatable bonds is 5. The molecule has 20 heavy (non-hydrogen) atoms. The van der Waals surface area contributed by atoms with E-state index >= 15 is 0 Å². The molecule has 1 rings (SSSR count). The molecule has 0 atom stereocenters. The van der Waals surface area contributed by atoms with Crippen LogP contribution in [0, 0.1) is 0 Å². The van der Waals surface area contributed by atoms with E-state index in [2.05, 4.69) is 14.5 Å². The number of carbonyl (C=O) groups excluding carboxylic acids is 1. The molecule has 0 bridgehead atoms. The zero-order chi connectivity index (χ0) is 15.3. The van der Waals surface area contributed by atoms with Gasteiger partial charge in [-0.1, -0.05) is 0 Å². The lowest BCUT2D eigenvalue weighted by molar-refractivity contribution is -0.275. The fraction of sp³-hybridized carbons (Fsp3) is 0.455. The van der Waals surface area contributed by atoms with Crippen molar-refractivity contribution in [3.63, 3.8) is 0 Å². The molecule has 0 radical (unpaired) electrons. The minimum Gasteiger partial charge on any atom is -0.478 e. The molecule has 1 aromatic heterocycles. The number of ether oxygens (including phenoxy) is 3. The molecular weight excluding hydrogens is 281 g/mol. The first-order valence-corrected chi connectivity index (χ1v) is 5.40. The van der Waals surface area contributed by atoms with Crippen LogP contribution in [0.4, 0.5) is 13.2 Å². The van der Waals surface area contributed by atoms with Crippen LogP contribution in [0.5, 0.6) is 11.6 Å². The van der Waals surface area contributed by atoms with Crippen molar-refractivity contribution in [3.05, 3.63) is 17.3 Å². The summed E-state index contributed by atoms with van der Waals surface area (Å²) in [7, 11) is 2.31. The second-order valence-electron chi connectivity index (χ2n) is 3.61. The molecule has 1 aromatic rings. The summed E-state index contributed by atoms with van der Waals surface area (Å²) in [6.07, 6.45) is -5.17. The van der Waals surface area contributed by atoms with Gasteiger partial charge in [0.25, 0.3) is 5.88 Å². The number of methoxy groups -OCH3 is 2. The van der Waals surface area contributed by atoms with Crippen LogP contribution in [0.15, 0.2) is 6.07 Å². The van der Waals surface area contributed by atoms with Gasteiger partial charge in [0.1, 0.15) is 0 Å². The monoisotopic (exact) mass is 294 g/mol. The van der Waals surface area contributed by atoms with Crippen LogP contribution in [0.3, 0.4) is 0 Å². The predicted octanol–water partition coefficient (Wildman–Crippen LogP) is 1.16. The number of alkyl halides is 3. The minimum absolute atomic E-state index is 0.0744. The summed E-state index contributed by atoms with van der Waals surface area (Å²) in [5.41, 5.74) is 5.84. The summed E-state index contributed by atoms with van der Waals surface area (Å²) in [6, 6.07) is 1.01. The quantitative estimate of drug-likeness (QED) is 0.820. The molecular formula is C11H13F3N2O4. The maximum Gasteiger partial charge on any atom is 0.573 e. The molecule has 0 saturated carbocycles. The number of pyridine rings is 1. The van der Waals surface area contributed by atoms with Crippen LogP contribution in [-0.4, -0.2) is 31.5 Å². The van der Waals surface area contributed by atoms with Gasteiger partial charge in [-0.3, -0.25) is 4.79 Å². The van der Waals surface area contributed by atoms with Crippen molar-refractivity contribution >= 4 is 5.97 Å². The van der Waals surface area contributed by atoms with Crippen LogP contribution in [-0.2, 0) is 22.5 Å². The summed E-state index contributed by atoms with van der Waals surface area (Å²) in [5.74, 6) is -1.64. The van der Waals surface area contributed by atoms with Crippen LogP contribution in [0.2, 0.25) is 0 Å². The molecule has 0 fully saturated rings. The highest BCUT2D eigenvalue weighted by Gasteiger charge is 2.33. The number of carbonyl (C=O) groups is 1. The molecule has 0 aliphatic carbocycles. The SMILES string of the molecule is COC(=O)Cc1cc(OC(F)(F)F)c(OC)nc1CN. The molecule has 0 spiro atoms. The van der Waals surface area contributed by atoms with Crippen LogP contribution < -0.4 is 15.2 Å². The molecule has 0 saturated heterocycles. The zero-order valence-corrected chi connectivity index (χ0v) is 10.8. The molecule has 6 nitrogen and oxygen atoms in total. The molecule has 2 N–H and O–H groups in total. The number of esters is 1. The predicted molar refractivity (Wildman–Crippen MR) is 61.1 cm³/mol. The van der Waals surface area contributed by atoms with E-state index in [1.165, 1.54) is 0 Å². The third kappa shape index (κ3) is 4.26. The number of aromatic nitrogens is 1. The van der Waals surface area contributed by atoms with E-state index in [4.69, 9.17) is 10.5 Å². The van der Waals surface area contributed by atoms with E-state index in [0.717, 1.165) is 20.3 Å². The Morgan fingerprint density at radius 1 is 1.40 bits per heavy atom. The molecule has 0 aliphatic heterocycles. The Morgan fingerprint density at radius 3 is 2.50 bits per heavy atom. The molecule has 1 heterocycles. The smallest absolute Gasteiger partial charge is 0.478 e. The van der Waals surface area contributed by atoms with Gasteiger partial charge in [-0.2, -0.15) is 0 Å². The maximum atomic E-state index is 12.3. The van der Waals surface area contributed by atoms with Gasteiger partial charge >= 0.3 is 12.3 Å². The molecule has 0 amide bonds. The first kappa shape index (κ1) is 16.0. The van der Waals surface area contributed by atoms with Crippen molar-refractivity contribution in [1.29, 1.82) is 0 Å². The lowest BCUT2D eigenvalue weighted by Gasteiger charge is -2.15. The summed E-state index contributed by atoms with van der Waals surface area (Å²) in [4.78, 5) is 15.0. The zero-order valence-electron chi connectivity index (χ0n) is 10.8. The third-order valence-electron chi connectivity index (χ3n) is 2.30. The Balaban J connectivity index is 3.22. The van der Waals surface area contributed by atoms with Gasteiger partial charge in [0.05, 0.1) is 26.3 Å². The number of nitrogens with two attached hydrogens (primary N) is 1. The van der Waals surface area contributed by atoms with Crippen molar-refractivity contribution in [3.8, 4) is 11.6 Å². The first-order valence-electron chi connectivity index (χ1n) is 5.40. The van der Waals surface area contributed by atoms with Gasteiger partial charge in [-0.05, 0) is 11.6 Å². The molecule has 0 aromatic carbocycles. The van der Waals surface area contributed by atoms with Gasteiger partial charge in [0, 0.05) is 6.54 Å². The average molecular weight is 294 g/mol. The summed E-state index contributed by atoms with van der Waals surface area (Å²) in [6.45, 7) is -0.0744. The lowest BCUT2D eigenvalue weighted by Crippen LogP contribution is -2.19. The van der Waals surface area contributed by atoms with E-state index in [9.17, 15) is 18.0 Å². The largest absolute Gasteiger partial charge is 0.573 e. The lowest BCUT2D eigenvalue weighted by atomic mass is 10.1. The van der Waals surface area contributed by atoms with Gasteiger partial charge in [-0.15, -0.1) is 13.2 Å². The maximum absolute atomic E-state index is 12.3. The fourth-order valence-corrected chi connectivity index (χ4v) is 1.45. The highest BCUT2D eigenvalue weighted by atomic mass is 19.4. The van der Waals surface area contributed by atoms with Gasteiger partial charge in [-0.25, -0.2) is 4.98 Å². The number of hydrogen-bond acceptors (Lipinski definition) is 6. The Kier molecular flexibility index (Phi) is 5.14. The molecule has 9 heteroatoms. The Hall–Kier alpha value is -2.03. The molecule has 112 valence electrons. The van der Waals surface area contributed by atoms with Gasteiger partial charge < -0.3 is 19.9 Å². The van der Waals surface area contributed by atoms with E-state index in [-0.39, 0.29) is 30.1 Å². The second-order valence-corrected chi connectivity index (χ2v) is 3.61. The number of nitrogens with zero attached hydrogens (tertiary/aromatic N) is 1. The van der Waals surface area contributed by atoms with E-state index in [0.29, 0.717) is 0 Å². The van der Waals surface area contributed by atoms with Crippen molar-refractivity contribution in [2.24, 2.45) is 5.73 Å². The Bertz CT molecular complexity index is 491. The summed E-state index contributed by atoms with van der Waals surface area (Å²) in [5, 5.41) is 0. The normalized spacial score (nSPS) is 11.1. The second kappa shape index (κ2) is 6.42. The van der Waals surface area contributed by atoms with E-state index < -0.39 is 18.1 Å². The van der Waals surface area contributed by atoms with Crippen molar-refractivity contribution in [2.75, 3.05) is 14.2 Å². The van der Waals surface area contributed by atoms with Crippen LogP contribution >= 0.6 is 0 Å². The topological polar surface area (TPSA) is 83.7 Å². The average Bonchev–Trinajstić information content (AvgIpc) is 2.37. The van der Waals surface area contributed by atoms with Crippen LogP contribution in [0.1, 0.15) is 11.3 Å². The molecule has 0 aliphatic rings. The van der Waals surface area contributed by atoms with E-state index in [1.807, 2.05) is 0 Å². The Labute approximate surface area is 112 Å². The minimum atomic E-state index is -4.90. The molecule has 0 unspecified atom stereocenters.